The molecule has 0 amide bonds. The molecule has 2 aromatic rings. The van der Waals surface area contributed by atoms with Crippen LogP contribution in [0.2, 0.25) is 0 Å². The third-order valence-electron chi connectivity index (χ3n) is 5.54. The van der Waals surface area contributed by atoms with Crippen LogP contribution in [0.25, 0.3) is 11.3 Å². The fourth-order valence-corrected chi connectivity index (χ4v) is 4.09. The molecule has 1 saturated carbocycles. The normalized spacial score (nSPS) is 24.3. The van der Waals surface area contributed by atoms with Gasteiger partial charge in [-0.05, 0) is 55.5 Å². The molecule has 4 rings (SSSR count). The van der Waals surface area contributed by atoms with Crippen molar-refractivity contribution in [1.29, 1.82) is 0 Å². The molecule has 2 N–H and O–H groups in total. The maximum Gasteiger partial charge on any atom is 0.148 e. The second-order valence-corrected chi connectivity index (χ2v) is 7.21. The van der Waals surface area contributed by atoms with Crippen molar-refractivity contribution in [2.24, 2.45) is 0 Å². The van der Waals surface area contributed by atoms with Crippen molar-refractivity contribution in [3.05, 3.63) is 30.3 Å². The van der Waals surface area contributed by atoms with Crippen molar-refractivity contribution in [3.63, 3.8) is 0 Å². The summed E-state index contributed by atoms with van der Waals surface area (Å²) < 4.78 is 10.7. The molecule has 2 unspecified atom stereocenters. The van der Waals surface area contributed by atoms with Gasteiger partial charge in [0.15, 0.2) is 0 Å². The van der Waals surface area contributed by atoms with Crippen LogP contribution in [0.1, 0.15) is 25.7 Å². The molecule has 2 heterocycles. The first-order chi connectivity index (χ1) is 12.8. The molecule has 0 spiro atoms. The number of hydrogen-bond acceptors (Lipinski definition) is 5. The molecular formula is C20H28N4O2. The SMILES string of the molecule is COc1ccc(-c2cc(NC3CCCC(N4CCOCC4)C3)n[nH]2)cc1. The van der Waals surface area contributed by atoms with E-state index in [1.807, 2.05) is 24.3 Å². The van der Waals surface area contributed by atoms with Crippen molar-refractivity contribution < 1.29 is 9.47 Å². The number of anilines is 1. The van der Waals surface area contributed by atoms with Gasteiger partial charge in [-0.15, -0.1) is 0 Å². The average molecular weight is 356 g/mol. The van der Waals surface area contributed by atoms with Crippen molar-refractivity contribution >= 4 is 5.82 Å². The Labute approximate surface area is 154 Å². The second-order valence-electron chi connectivity index (χ2n) is 7.21. The van der Waals surface area contributed by atoms with Crippen LogP contribution in [0, 0.1) is 0 Å². The van der Waals surface area contributed by atoms with E-state index in [4.69, 9.17) is 9.47 Å². The predicted molar refractivity (Wildman–Crippen MR) is 103 cm³/mol. The van der Waals surface area contributed by atoms with Crippen LogP contribution in [0.3, 0.4) is 0 Å². The number of nitrogens with zero attached hydrogens (tertiary/aromatic N) is 2. The van der Waals surface area contributed by atoms with Crippen molar-refractivity contribution in [2.45, 2.75) is 37.8 Å². The van der Waals surface area contributed by atoms with E-state index in [1.54, 1.807) is 7.11 Å². The number of aromatic nitrogens is 2. The van der Waals surface area contributed by atoms with E-state index < -0.39 is 0 Å². The summed E-state index contributed by atoms with van der Waals surface area (Å²) in [6.45, 7) is 3.89. The van der Waals surface area contributed by atoms with Gasteiger partial charge in [0.25, 0.3) is 0 Å². The number of aromatic amines is 1. The number of methoxy groups -OCH3 is 1. The highest BCUT2D eigenvalue weighted by Crippen LogP contribution is 2.27. The number of ether oxygens (including phenoxy) is 2. The highest BCUT2D eigenvalue weighted by Gasteiger charge is 2.28. The summed E-state index contributed by atoms with van der Waals surface area (Å²) in [5.74, 6) is 1.80. The minimum absolute atomic E-state index is 0.489. The molecule has 1 aliphatic heterocycles. The zero-order valence-electron chi connectivity index (χ0n) is 15.4. The molecule has 1 saturated heterocycles. The van der Waals surface area contributed by atoms with E-state index in [1.165, 1.54) is 25.7 Å². The number of rotatable bonds is 5. The van der Waals surface area contributed by atoms with E-state index in [2.05, 4.69) is 26.5 Å². The summed E-state index contributed by atoms with van der Waals surface area (Å²) in [6.07, 6.45) is 4.97. The van der Waals surface area contributed by atoms with E-state index >= 15 is 0 Å². The van der Waals surface area contributed by atoms with Gasteiger partial charge in [0.05, 0.1) is 26.0 Å². The number of H-pyrrole nitrogens is 1. The van der Waals surface area contributed by atoms with Gasteiger partial charge in [0.1, 0.15) is 11.6 Å². The zero-order chi connectivity index (χ0) is 17.8. The van der Waals surface area contributed by atoms with Crippen molar-refractivity contribution in [1.82, 2.24) is 15.1 Å². The lowest BCUT2D eigenvalue weighted by molar-refractivity contribution is 0.00751. The number of morpholine rings is 1. The largest absolute Gasteiger partial charge is 0.497 e. The number of nitrogens with one attached hydrogen (secondary N) is 2. The Kier molecular flexibility index (Phi) is 5.41. The molecule has 6 nitrogen and oxygen atoms in total. The Morgan fingerprint density at radius 2 is 2.00 bits per heavy atom. The van der Waals surface area contributed by atoms with Crippen LogP contribution in [-0.4, -0.2) is 60.6 Å². The molecule has 1 aliphatic carbocycles. The Hall–Kier alpha value is -2.05. The molecule has 2 fully saturated rings. The Balaban J connectivity index is 1.37. The van der Waals surface area contributed by atoms with Gasteiger partial charge in [-0.2, -0.15) is 5.10 Å². The molecule has 0 radical (unpaired) electrons. The summed E-state index contributed by atoms with van der Waals surface area (Å²) in [7, 11) is 1.68. The monoisotopic (exact) mass is 356 g/mol. The molecule has 1 aromatic carbocycles. The molecule has 0 bridgehead atoms. The smallest absolute Gasteiger partial charge is 0.148 e. The van der Waals surface area contributed by atoms with Gasteiger partial charge in [0.2, 0.25) is 0 Å². The fourth-order valence-electron chi connectivity index (χ4n) is 4.09. The van der Waals surface area contributed by atoms with Gasteiger partial charge >= 0.3 is 0 Å². The molecule has 2 aliphatic rings. The van der Waals surface area contributed by atoms with E-state index in [0.717, 1.165) is 49.1 Å². The highest BCUT2D eigenvalue weighted by atomic mass is 16.5. The predicted octanol–water partition coefficient (Wildman–Crippen LogP) is 3.14. The third kappa shape index (κ3) is 4.02. The van der Waals surface area contributed by atoms with Crippen LogP contribution < -0.4 is 10.1 Å². The Bertz CT molecular complexity index is 694. The molecule has 2 atom stereocenters. The van der Waals surface area contributed by atoms with E-state index in [-0.39, 0.29) is 0 Å². The first-order valence-corrected chi connectivity index (χ1v) is 9.60. The van der Waals surface area contributed by atoms with E-state index in [9.17, 15) is 0 Å². The van der Waals surface area contributed by atoms with E-state index in [0.29, 0.717) is 12.1 Å². The van der Waals surface area contributed by atoms with Gasteiger partial charge in [0, 0.05) is 31.2 Å². The molecular weight excluding hydrogens is 328 g/mol. The Morgan fingerprint density at radius 3 is 2.77 bits per heavy atom. The van der Waals surface area contributed by atoms with Gasteiger partial charge in [-0.25, -0.2) is 0 Å². The number of benzene rings is 1. The number of hydrogen-bond donors (Lipinski definition) is 2. The quantitative estimate of drug-likeness (QED) is 0.862. The van der Waals surface area contributed by atoms with Crippen molar-refractivity contribution in [3.8, 4) is 17.0 Å². The van der Waals surface area contributed by atoms with Crippen LogP contribution in [-0.2, 0) is 4.74 Å². The average Bonchev–Trinajstić information content (AvgIpc) is 3.17. The highest BCUT2D eigenvalue weighted by molar-refractivity contribution is 5.63. The molecule has 26 heavy (non-hydrogen) atoms. The van der Waals surface area contributed by atoms with Gasteiger partial charge in [-0.1, -0.05) is 0 Å². The van der Waals surface area contributed by atoms with Gasteiger partial charge < -0.3 is 14.8 Å². The summed E-state index contributed by atoms with van der Waals surface area (Å²) in [6, 6.07) is 11.3. The summed E-state index contributed by atoms with van der Waals surface area (Å²) in [5, 5.41) is 11.2. The minimum atomic E-state index is 0.489. The molecule has 1 aromatic heterocycles. The summed E-state index contributed by atoms with van der Waals surface area (Å²) in [4.78, 5) is 2.60. The zero-order valence-corrected chi connectivity index (χ0v) is 15.4. The standard InChI is InChI=1S/C20H28N4O2/c1-25-18-7-5-15(6-8-18)19-14-20(23-22-19)21-16-3-2-4-17(13-16)24-9-11-26-12-10-24/h5-8,14,16-17H,2-4,9-13H2,1H3,(H2,21,22,23). The lowest BCUT2D eigenvalue weighted by Crippen LogP contribution is -2.47. The lowest BCUT2D eigenvalue weighted by atomic mass is 9.89. The van der Waals surface area contributed by atoms with Crippen LogP contribution >= 0.6 is 0 Å². The topological polar surface area (TPSA) is 62.4 Å². The van der Waals surface area contributed by atoms with Crippen LogP contribution in [0.15, 0.2) is 30.3 Å². The third-order valence-corrected chi connectivity index (χ3v) is 5.54. The Morgan fingerprint density at radius 1 is 1.19 bits per heavy atom. The molecule has 6 heteroatoms. The summed E-state index contributed by atoms with van der Waals surface area (Å²) in [5.41, 5.74) is 2.14. The maximum atomic E-state index is 5.49. The fraction of sp³-hybridized carbons (Fsp3) is 0.550. The first kappa shape index (κ1) is 17.4. The minimum Gasteiger partial charge on any atom is -0.497 e. The first-order valence-electron chi connectivity index (χ1n) is 9.60. The summed E-state index contributed by atoms with van der Waals surface area (Å²) >= 11 is 0. The van der Waals surface area contributed by atoms with Crippen LogP contribution in [0.5, 0.6) is 5.75 Å². The molecule has 140 valence electrons. The van der Waals surface area contributed by atoms with Crippen LogP contribution in [0.4, 0.5) is 5.82 Å². The maximum absolute atomic E-state index is 5.49. The van der Waals surface area contributed by atoms with Crippen molar-refractivity contribution in [2.75, 3.05) is 38.7 Å². The van der Waals surface area contributed by atoms with Gasteiger partial charge in [-0.3, -0.25) is 10.00 Å². The second kappa shape index (κ2) is 8.10. The lowest BCUT2D eigenvalue weighted by Gasteiger charge is -2.39.